The molecular weight excluding hydrogens is 734 g/mol. The molecule has 0 saturated carbocycles. The number of ether oxygens (including phenoxy) is 6. The maximum absolute atomic E-state index is 11.9. The molecule has 3 rings (SSSR count). The summed E-state index contributed by atoms with van der Waals surface area (Å²) in [6.07, 6.45) is -10.8. The van der Waals surface area contributed by atoms with Gasteiger partial charge in [-0.2, -0.15) is 0 Å². The van der Waals surface area contributed by atoms with E-state index in [4.69, 9.17) is 28.4 Å². The Balaban J connectivity index is 1.56. The minimum absolute atomic E-state index is 0.383. The molecule has 17 unspecified atom stereocenters. The van der Waals surface area contributed by atoms with Gasteiger partial charge < -0.3 is 89.9 Å². The van der Waals surface area contributed by atoms with E-state index in [0.29, 0.717) is 6.42 Å². The van der Waals surface area contributed by atoms with Gasteiger partial charge in [0.05, 0.1) is 38.6 Å². The number of nitrogens with one attached hydrogen (secondary N) is 1. The standard InChI is InChI=1S/C36H63NO18/c1-3-4-5-6-7-8-9-10-11-12-13-14-21(42)20(37-19(2)41)18-50-34-30(48)27(45)32(23(16-39)52-34)55-36-31(49)28(46)33(24(17-40)53-36)54-35-29(47)26(44)25(43)22(15-38)51-35/h9-10,13-14,20-36,38-40,42-49H,3-8,11-12,15-18H2,1-2H3,(H,37,41)/b10-9+,14-13+. The normalized spacial score (nSPS) is 38.4. The van der Waals surface area contributed by atoms with E-state index in [0.717, 1.165) is 19.3 Å². The fourth-order valence-electron chi connectivity index (χ4n) is 6.53. The third kappa shape index (κ3) is 13.7. The van der Waals surface area contributed by atoms with Gasteiger partial charge in [0, 0.05) is 6.92 Å². The van der Waals surface area contributed by atoms with Gasteiger partial charge in [0.2, 0.25) is 5.91 Å². The Morgan fingerprint density at radius 1 is 0.636 bits per heavy atom. The zero-order valence-corrected chi connectivity index (χ0v) is 31.4. The number of aliphatic hydroxyl groups excluding tert-OH is 11. The van der Waals surface area contributed by atoms with Crippen LogP contribution in [0, 0.1) is 0 Å². The maximum atomic E-state index is 11.9. The highest BCUT2D eigenvalue weighted by molar-refractivity contribution is 5.73. The smallest absolute Gasteiger partial charge is 0.217 e. The molecule has 12 N–H and O–H groups in total. The second-order valence-corrected chi connectivity index (χ2v) is 14.1. The Labute approximate surface area is 320 Å². The van der Waals surface area contributed by atoms with Gasteiger partial charge in [-0.25, -0.2) is 0 Å². The Hall–Kier alpha value is -1.73. The summed E-state index contributed by atoms with van der Waals surface area (Å²) in [5, 5.41) is 117. The molecule has 0 spiro atoms. The lowest BCUT2D eigenvalue weighted by Gasteiger charge is -2.48. The number of amides is 1. The number of allylic oxidation sites excluding steroid dienone is 3. The number of carbonyl (C=O) groups is 1. The summed E-state index contributed by atoms with van der Waals surface area (Å²) >= 11 is 0. The highest BCUT2D eigenvalue weighted by atomic mass is 16.8. The second kappa shape index (κ2) is 24.3. The minimum Gasteiger partial charge on any atom is -0.394 e. The van der Waals surface area contributed by atoms with Crippen molar-refractivity contribution in [2.24, 2.45) is 0 Å². The van der Waals surface area contributed by atoms with E-state index in [1.165, 1.54) is 38.7 Å². The van der Waals surface area contributed by atoms with Crippen molar-refractivity contribution in [2.75, 3.05) is 26.4 Å². The monoisotopic (exact) mass is 797 g/mol. The molecule has 320 valence electrons. The topological polar surface area (TPSA) is 307 Å². The summed E-state index contributed by atoms with van der Waals surface area (Å²) in [4.78, 5) is 11.9. The van der Waals surface area contributed by atoms with Crippen molar-refractivity contribution < 1.29 is 89.4 Å². The number of aliphatic hydroxyl groups is 11. The lowest BCUT2D eigenvalue weighted by atomic mass is 9.96. The van der Waals surface area contributed by atoms with Crippen molar-refractivity contribution in [3.05, 3.63) is 24.3 Å². The fraction of sp³-hybridized carbons (Fsp3) is 0.861. The summed E-state index contributed by atoms with van der Waals surface area (Å²) in [7, 11) is 0. The first-order valence-electron chi connectivity index (χ1n) is 19.0. The first kappa shape index (κ1) is 47.6. The fourth-order valence-corrected chi connectivity index (χ4v) is 6.53. The molecular formula is C36H63NO18. The molecule has 19 heteroatoms. The average molecular weight is 798 g/mol. The van der Waals surface area contributed by atoms with Gasteiger partial charge >= 0.3 is 0 Å². The summed E-state index contributed by atoms with van der Waals surface area (Å²) in [6.45, 7) is 0.618. The van der Waals surface area contributed by atoms with Crippen molar-refractivity contribution >= 4 is 5.91 Å². The van der Waals surface area contributed by atoms with Gasteiger partial charge in [-0.15, -0.1) is 0 Å². The summed E-state index contributed by atoms with van der Waals surface area (Å²) < 4.78 is 33.4. The van der Waals surface area contributed by atoms with Crippen LogP contribution >= 0.6 is 0 Å². The van der Waals surface area contributed by atoms with E-state index < -0.39 is 130 Å². The van der Waals surface area contributed by atoms with E-state index in [1.807, 2.05) is 0 Å². The van der Waals surface area contributed by atoms with Crippen LogP contribution in [0.3, 0.4) is 0 Å². The van der Waals surface area contributed by atoms with Crippen LogP contribution in [0.15, 0.2) is 24.3 Å². The number of rotatable bonds is 22. The van der Waals surface area contributed by atoms with Gasteiger partial charge in [0.15, 0.2) is 18.9 Å². The lowest BCUT2D eigenvalue weighted by molar-refractivity contribution is -0.379. The van der Waals surface area contributed by atoms with Crippen LogP contribution in [0.5, 0.6) is 0 Å². The van der Waals surface area contributed by atoms with E-state index in [2.05, 4.69) is 24.4 Å². The van der Waals surface area contributed by atoms with E-state index in [9.17, 15) is 61.0 Å². The molecule has 3 aliphatic rings. The molecule has 0 aliphatic carbocycles. The molecule has 0 aromatic rings. The van der Waals surface area contributed by atoms with Crippen molar-refractivity contribution in [3.8, 4) is 0 Å². The molecule has 0 radical (unpaired) electrons. The Kier molecular flexibility index (Phi) is 21.0. The predicted molar refractivity (Wildman–Crippen MR) is 189 cm³/mol. The molecule has 55 heavy (non-hydrogen) atoms. The number of unbranched alkanes of at least 4 members (excludes halogenated alkanes) is 6. The molecule has 3 saturated heterocycles. The van der Waals surface area contributed by atoms with Gasteiger partial charge in [0.1, 0.15) is 73.2 Å². The molecule has 3 heterocycles. The zero-order valence-electron chi connectivity index (χ0n) is 31.4. The van der Waals surface area contributed by atoms with Gasteiger partial charge in [-0.1, -0.05) is 56.9 Å². The first-order chi connectivity index (χ1) is 26.3. The van der Waals surface area contributed by atoms with Crippen LogP contribution in [-0.2, 0) is 33.2 Å². The Morgan fingerprint density at radius 3 is 1.69 bits per heavy atom. The summed E-state index contributed by atoms with van der Waals surface area (Å²) in [5.41, 5.74) is 0. The molecule has 3 fully saturated rings. The van der Waals surface area contributed by atoms with E-state index in [-0.39, 0.29) is 6.61 Å². The van der Waals surface area contributed by atoms with Crippen LogP contribution < -0.4 is 5.32 Å². The molecule has 0 bridgehead atoms. The SMILES string of the molecule is CCCCCCC/C=C/CC/C=C/C(O)C(COC1OC(CO)C(OC2OC(CO)C(OC3OC(CO)C(O)C(O)C3O)C(O)C2O)C(O)C1O)NC(C)=O. The van der Waals surface area contributed by atoms with Crippen LogP contribution in [0.25, 0.3) is 0 Å². The quantitative estimate of drug-likeness (QED) is 0.0375. The first-order valence-corrected chi connectivity index (χ1v) is 19.0. The highest BCUT2D eigenvalue weighted by Crippen LogP contribution is 2.32. The number of hydrogen-bond acceptors (Lipinski definition) is 18. The van der Waals surface area contributed by atoms with Crippen molar-refractivity contribution in [2.45, 2.75) is 169 Å². The van der Waals surface area contributed by atoms with Crippen molar-refractivity contribution in [3.63, 3.8) is 0 Å². The molecule has 0 aromatic carbocycles. The van der Waals surface area contributed by atoms with E-state index >= 15 is 0 Å². The molecule has 19 nitrogen and oxygen atoms in total. The third-order valence-electron chi connectivity index (χ3n) is 9.79. The van der Waals surface area contributed by atoms with Crippen molar-refractivity contribution in [1.29, 1.82) is 0 Å². The second-order valence-electron chi connectivity index (χ2n) is 14.1. The lowest BCUT2D eigenvalue weighted by Crippen LogP contribution is -2.66. The summed E-state index contributed by atoms with van der Waals surface area (Å²) in [6, 6.07) is -0.984. The van der Waals surface area contributed by atoms with Crippen LogP contribution in [0.1, 0.15) is 65.2 Å². The molecule has 0 aromatic heterocycles. The van der Waals surface area contributed by atoms with Crippen LogP contribution in [0.4, 0.5) is 0 Å². The number of carbonyl (C=O) groups excluding carboxylic acids is 1. The summed E-state index contributed by atoms with van der Waals surface area (Å²) in [5.74, 6) is -0.468. The van der Waals surface area contributed by atoms with Crippen LogP contribution in [0.2, 0.25) is 0 Å². The van der Waals surface area contributed by atoms with Gasteiger partial charge in [-0.3, -0.25) is 4.79 Å². The van der Waals surface area contributed by atoms with Gasteiger partial charge in [0.25, 0.3) is 0 Å². The zero-order chi connectivity index (χ0) is 40.7. The third-order valence-corrected chi connectivity index (χ3v) is 9.79. The minimum atomic E-state index is -1.97. The number of hydrogen-bond donors (Lipinski definition) is 12. The van der Waals surface area contributed by atoms with Crippen molar-refractivity contribution in [1.82, 2.24) is 5.32 Å². The Bertz CT molecular complexity index is 1140. The molecule has 3 aliphatic heterocycles. The Morgan fingerprint density at radius 2 is 1.13 bits per heavy atom. The average Bonchev–Trinajstić information content (AvgIpc) is 3.17. The van der Waals surface area contributed by atoms with Gasteiger partial charge in [-0.05, 0) is 25.7 Å². The predicted octanol–water partition coefficient (Wildman–Crippen LogP) is -3.43. The van der Waals surface area contributed by atoms with Crippen LogP contribution in [-0.4, -0.2) is 193 Å². The maximum Gasteiger partial charge on any atom is 0.217 e. The molecule has 17 atom stereocenters. The largest absolute Gasteiger partial charge is 0.394 e. The van der Waals surface area contributed by atoms with E-state index in [1.54, 1.807) is 6.08 Å². The highest BCUT2D eigenvalue weighted by Gasteiger charge is 2.53. The molecule has 1 amide bonds.